The van der Waals surface area contributed by atoms with Gasteiger partial charge in [0, 0.05) is 0 Å². The first-order valence-corrected chi connectivity index (χ1v) is 6.85. The van der Waals surface area contributed by atoms with Crippen LogP contribution in [0, 0.1) is 5.41 Å². The number of nitrogens with one attached hydrogen (secondary N) is 1. The van der Waals surface area contributed by atoms with Crippen molar-refractivity contribution in [2.75, 3.05) is 13.2 Å². The highest BCUT2D eigenvalue weighted by Crippen LogP contribution is 2.30. The van der Waals surface area contributed by atoms with Crippen molar-refractivity contribution < 1.29 is 22.7 Å². The van der Waals surface area contributed by atoms with E-state index >= 15 is 0 Å². The van der Waals surface area contributed by atoms with E-state index in [-0.39, 0.29) is 24.5 Å². The van der Waals surface area contributed by atoms with Crippen LogP contribution >= 0.6 is 0 Å². The monoisotopic (exact) mass is 318 g/mol. The van der Waals surface area contributed by atoms with Crippen LogP contribution in [-0.4, -0.2) is 25.1 Å². The van der Waals surface area contributed by atoms with Gasteiger partial charge in [-0.15, -0.1) is 0 Å². The zero-order valence-electron chi connectivity index (χ0n) is 12.8. The third kappa shape index (κ3) is 5.55. The standard InChI is InChI=1S/C15H21F3N2O2/c1-14(2,3)12(19)13(21)20-8-9-22-11-6-4-10(5-7-11)15(16,17)18/h4-7,12H,8-9,19H2,1-3H3,(H,20,21)/t12-/m1/s1. The van der Waals surface area contributed by atoms with Crippen LogP contribution in [0.4, 0.5) is 13.2 Å². The van der Waals surface area contributed by atoms with Gasteiger partial charge in [0.15, 0.2) is 0 Å². The molecule has 0 bridgehead atoms. The Balaban J connectivity index is 2.38. The van der Waals surface area contributed by atoms with Gasteiger partial charge in [-0.3, -0.25) is 4.79 Å². The van der Waals surface area contributed by atoms with Crippen molar-refractivity contribution >= 4 is 5.91 Å². The number of hydrogen-bond donors (Lipinski definition) is 2. The van der Waals surface area contributed by atoms with Gasteiger partial charge in [-0.1, -0.05) is 20.8 Å². The number of benzene rings is 1. The summed E-state index contributed by atoms with van der Waals surface area (Å²) in [4.78, 5) is 11.7. The summed E-state index contributed by atoms with van der Waals surface area (Å²) >= 11 is 0. The Morgan fingerprint density at radius 3 is 2.23 bits per heavy atom. The SMILES string of the molecule is CC(C)(C)[C@H](N)C(=O)NCCOc1ccc(C(F)(F)F)cc1. The maximum Gasteiger partial charge on any atom is 0.416 e. The van der Waals surface area contributed by atoms with Crippen LogP contribution in [-0.2, 0) is 11.0 Å². The zero-order valence-corrected chi connectivity index (χ0v) is 12.8. The molecule has 0 radical (unpaired) electrons. The minimum Gasteiger partial charge on any atom is -0.492 e. The van der Waals surface area contributed by atoms with Gasteiger partial charge < -0.3 is 15.8 Å². The van der Waals surface area contributed by atoms with Crippen molar-refractivity contribution in [3.05, 3.63) is 29.8 Å². The van der Waals surface area contributed by atoms with E-state index in [0.29, 0.717) is 5.75 Å². The van der Waals surface area contributed by atoms with E-state index in [2.05, 4.69) is 5.32 Å². The molecule has 124 valence electrons. The van der Waals surface area contributed by atoms with Gasteiger partial charge in [0.25, 0.3) is 0 Å². The number of rotatable bonds is 5. The van der Waals surface area contributed by atoms with Gasteiger partial charge in [0.2, 0.25) is 5.91 Å². The van der Waals surface area contributed by atoms with Gasteiger partial charge in [0.05, 0.1) is 18.2 Å². The lowest BCUT2D eigenvalue weighted by atomic mass is 9.87. The molecule has 4 nitrogen and oxygen atoms in total. The second kappa shape index (κ2) is 7.00. The number of nitrogens with two attached hydrogens (primary N) is 1. The zero-order chi connectivity index (χ0) is 17.0. The molecule has 1 aromatic rings. The lowest BCUT2D eigenvalue weighted by molar-refractivity contribution is -0.137. The Morgan fingerprint density at radius 2 is 1.77 bits per heavy atom. The summed E-state index contributed by atoms with van der Waals surface area (Å²) < 4.78 is 42.4. The minimum absolute atomic E-state index is 0.147. The Kier molecular flexibility index (Phi) is 5.82. The number of ether oxygens (including phenoxy) is 1. The van der Waals surface area contributed by atoms with Crippen molar-refractivity contribution in [1.82, 2.24) is 5.32 Å². The van der Waals surface area contributed by atoms with Crippen LogP contribution in [0.25, 0.3) is 0 Å². The Labute approximate surface area is 127 Å². The quantitative estimate of drug-likeness (QED) is 0.820. The molecule has 0 saturated carbocycles. The molecule has 0 spiro atoms. The van der Waals surface area contributed by atoms with Gasteiger partial charge in [-0.2, -0.15) is 13.2 Å². The second-order valence-electron chi connectivity index (χ2n) is 6.01. The topological polar surface area (TPSA) is 64.4 Å². The fraction of sp³-hybridized carbons (Fsp3) is 0.533. The predicted octanol–water partition coefficient (Wildman–Crippen LogP) is 2.57. The van der Waals surface area contributed by atoms with Crippen molar-refractivity contribution in [3.63, 3.8) is 0 Å². The highest BCUT2D eigenvalue weighted by molar-refractivity contribution is 5.82. The van der Waals surface area contributed by atoms with Crippen molar-refractivity contribution in [2.24, 2.45) is 11.1 Å². The summed E-state index contributed by atoms with van der Waals surface area (Å²) in [6, 6.07) is 3.74. The fourth-order valence-electron chi connectivity index (χ4n) is 1.59. The van der Waals surface area contributed by atoms with Gasteiger partial charge in [-0.25, -0.2) is 0 Å². The summed E-state index contributed by atoms with van der Waals surface area (Å²) in [5.74, 6) is 0.0193. The first kappa shape index (κ1) is 18.3. The molecule has 0 heterocycles. The van der Waals surface area contributed by atoms with Crippen LogP contribution in [0.15, 0.2) is 24.3 Å². The van der Waals surface area contributed by atoms with E-state index in [0.717, 1.165) is 12.1 Å². The van der Waals surface area contributed by atoms with E-state index in [1.807, 2.05) is 20.8 Å². The second-order valence-corrected chi connectivity index (χ2v) is 6.01. The maximum absolute atomic E-state index is 12.4. The van der Waals surface area contributed by atoms with Crippen LogP contribution in [0.3, 0.4) is 0 Å². The van der Waals surface area contributed by atoms with E-state index < -0.39 is 17.8 Å². The molecule has 0 saturated heterocycles. The number of amides is 1. The summed E-state index contributed by atoms with van der Waals surface area (Å²) in [7, 11) is 0. The molecular formula is C15H21F3N2O2. The summed E-state index contributed by atoms with van der Waals surface area (Å²) in [5, 5.41) is 2.63. The number of halogens is 3. The average molecular weight is 318 g/mol. The van der Waals surface area contributed by atoms with Crippen molar-refractivity contribution in [1.29, 1.82) is 0 Å². The average Bonchev–Trinajstić information content (AvgIpc) is 2.41. The largest absolute Gasteiger partial charge is 0.492 e. The molecular weight excluding hydrogens is 297 g/mol. The maximum atomic E-state index is 12.4. The van der Waals surface area contributed by atoms with E-state index in [1.54, 1.807) is 0 Å². The molecule has 3 N–H and O–H groups in total. The molecule has 1 aromatic carbocycles. The van der Waals surface area contributed by atoms with Gasteiger partial charge >= 0.3 is 6.18 Å². The first-order valence-electron chi connectivity index (χ1n) is 6.85. The van der Waals surface area contributed by atoms with Crippen molar-refractivity contribution in [2.45, 2.75) is 33.0 Å². The molecule has 0 fully saturated rings. The highest BCUT2D eigenvalue weighted by Gasteiger charge is 2.30. The molecule has 22 heavy (non-hydrogen) atoms. The lowest BCUT2D eigenvalue weighted by Gasteiger charge is -2.25. The van der Waals surface area contributed by atoms with E-state index in [9.17, 15) is 18.0 Å². The summed E-state index contributed by atoms with van der Waals surface area (Å²) in [6.45, 7) is 5.94. The molecule has 0 aromatic heterocycles. The molecule has 7 heteroatoms. The van der Waals surface area contributed by atoms with Crippen LogP contribution in [0.5, 0.6) is 5.75 Å². The smallest absolute Gasteiger partial charge is 0.416 e. The van der Waals surface area contributed by atoms with E-state index in [4.69, 9.17) is 10.5 Å². The summed E-state index contributed by atoms with van der Waals surface area (Å²) in [6.07, 6.45) is -4.37. The minimum atomic E-state index is -4.37. The normalized spacial score (nSPS) is 13.6. The number of hydrogen-bond acceptors (Lipinski definition) is 3. The highest BCUT2D eigenvalue weighted by atomic mass is 19.4. The first-order chi connectivity index (χ1) is 10.0. The van der Waals surface area contributed by atoms with E-state index in [1.165, 1.54) is 12.1 Å². The third-order valence-corrected chi connectivity index (χ3v) is 3.07. The van der Waals surface area contributed by atoms with Gasteiger partial charge in [0.1, 0.15) is 12.4 Å². The number of alkyl halides is 3. The fourth-order valence-corrected chi connectivity index (χ4v) is 1.59. The van der Waals surface area contributed by atoms with Crippen LogP contribution in [0.2, 0.25) is 0 Å². The van der Waals surface area contributed by atoms with Crippen LogP contribution in [0.1, 0.15) is 26.3 Å². The molecule has 1 atom stereocenters. The van der Waals surface area contributed by atoms with Crippen LogP contribution < -0.4 is 15.8 Å². The number of carbonyl (C=O) groups is 1. The number of carbonyl (C=O) groups excluding carboxylic acids is 1. The molecule has 1 amide bonds. The molecule has 0 aliphatic carbocycles. The summed E-state index contributed by atoms with van der Waals surface area (Å²) in [5.41, 5.74) is 4.70. The molecule has 0 unspecified atom stereocenters. The molecule has 1 rings (SSSR count). The molecule has 0 aliphatic heterocycles. The third-order valence-electron chi connectivity index (χ3n) is 3.07. The Bertz CT molecular complexity index is 493. The van der Waals surface area contributed by atoms with Gasteiger partial charge in [-0.05, 0) is 29.7 Å². The predicted molar refractivity (Wildman–Crippen MR) is 77.4 cm³/mol. The lowest BCUT2D eigenvalue weighted by Crippen LogP contribution is -2.49. The van der Waals surface area contributed by atoms with Crippen molar-refractivity contribution in [3.8, 4) is 5.75 Å². The molecule has 0 aliphatic rings. The Hall–Kier alpha value is -1.76. The Morgan fingerprint density at radius 1 is 1.23 bits per heavy atom.